The first-order valence-electron chi connectivity index (χ1n) is 6.51. The van der Waals surface area contributed by atoms with Gasteiger partial charge in [0.05, 0.1) is 17.7 Å². The number of methoxy groups -OCH3 is 1. The Labute approximate surface area is 129 Å². The predicted molar refractivity (Wildman–Crippen MR) is 84.8 cm³/mol. The van der Waals surface area contributed by atoms with Crippen molar-refractivity contribution in [2.24, 2.45) is 0 Å². The van der Waals surface area contributed by atoms with Crippen LogP contribution in [0.4, 0.5) is 5.13 Å². The maximum absolute atomic E-state index is 12.4. The van der Waals surface area contributed by atoms with Crippen LogP contribution in [0.5, 0.6) is 5.75 Å². The van der Waals surface area contributed by atoms with Crippen molar-refractivity contribution >= 4 is 26.5 Å². The van der Waals surface area contributed by atoms with Crippen molar-refractivity contribution in [1.82, 2.24) is 4.98 Å². The normalized spacial score (nSPS) is 11.4. The largest absolute Gasteiger partial charge is 0.496 e. The fraction of sp³-hybridized carbons (Fsp3) is 0.357. The Morgan fingerprint density at radius 1 is 1.33 bits per heavy atom. The van der Waals surface area contributed by atoms with Crippen LogP contribution < -0.4 is 9.46 Å². The lowest BCUT2D eigenvalue weighted by atomic mass is 10.1. The third-order valence-corrected chi connectivity index (χ3v) is 5.65. The summed E-state index contributed by atoms with van der Waals surface area (Å²) in [4.78, 5) is 5.41. The summed E-state index contributed by atoms with van der Waals surface area (Å²) in [6.45, 7) is 5.72. The number of nitrogens with one attached hydrogen (secondary N) is 1. The van der Waals surface area contributed by atoms with E-state index in [2.05, 4.69) is 9.71 Å². The summed E-state index contributed by atoms with van der Waals surface area (Å²) >= 11 is 1.33. The standard InChI is InChI=1S/C14H18N2O3S2/c1-5-11-8-12(6-7-13(11)19-4)21(17,18)16-14-15-9(2)10(3)20-14/h6-8H,5H2,1-4H3,(H,15,16). The molecule has 0 aliphatic rings. The zero-order valence-electron chi connectivity index (χ0n) is 12.4. The van der Waals surface area contributed by atoms with Crippen molar-refractivity contribution in [2.45, 2.75) is 32.1 Å². The highest BCUT2D eigenvalue weighted by atomic mass is 32.2. The van der Waals surface area contributed by atoms with Gasteiger partial charge in [0, 0.05) is 4.88 Å². The molecule has 0 unspecified atom stereocenters. The molecule has 0 spiro atoms. The number of anilines is 1. The van der Waals surface area contributed by atoms with Gasteiger partial charge < -0.3 is 4.74 Å². The molecule has 0 aliphatic carbocycles. The molecule has 7 heteroatoms. The first-order chi connectivity index (χ1) is 9.87. The van der Waals surface area contributed by atoms with Gasteiger partial charge in [-0.2, -0.15) is 0 Å². The Kier molecular flexibility index (Phi) is 4.53. The highest BCUT2D eigenvalue weighted by Gasteiger charge is 2.18. The summed E-state index contributed by atoms with van der Waals surface area (Å²) in [5.74, 6) is 0.692. The van der Waals surface area contributed by atoms with E-state index in [0.29, 0.717) is 17.3 Å². The van der Waals surface area contributed by atoms with Gasteiger partial charge in [0.15, 0.2) is 5.13 Å². The lowest BCUT2D eigenvalue weighted by molar-refractivity contribution is 0.409. The van der Waals surface area contributed by atoms with E-state index >= 15 is 0 Å². The van der Waals surface area contributed by atoms with E-state index in [1.54, 1.807) is 19.2 Å². The van der Waals surface area contributed by atoms with Crippen LogP contribution in [-0.2, 0) is 16.4 Å². The van der Waals surface area contributed by atoms with Crippen molar-refractivity contribution in [3.05, 3.63) is 34.3 Å². The van der Waals surface area contributed by atoms with E-state index in [-0.39, 0.29) is 4.90 Å². The average molecular weight is 326 g/mol. The summed E-state index contributed by atoms with van der Waals surface area (Å²) in [6, 6.07) is 4.84. The smallest absolute Gasteiger partial charge is 0.263 e. The first-order valence-corrected chi connectivity index (χ1v) is 8.81. The number of ether oxygens (including phenoxy) is 1. The van der Waals surface area contributed by atoms with Crippen molar-refractivity contribution in [3.63, 3.8) is 0 Å². The summed E-state index contributed by atoms with van der Waals surface area (Å²) in [7, 11) is -2.06. The average Bonchev–Trinajstić information content (AvgIpc) is 2.75. The molecule has 0 radical (unpaired) electrons. The highest BCUT2D eigenvalue weighted by molar-refractivity contribution is 7.93. The van der Waals surface area contributed by atoms with E-state index < -0.39 is 10.0 Å². The van der Waals surface area contributed by atoms with Gasteiger partial charge in [-0.1, -0.05) is 6.92 Å². The SMILES string of the molecule is CCc1cc(S(=O)(=O)Nc2nc(C)c(C)s2)ccc1OC. The third kappa shape index (κ3) is 3.36. The number of benzene rings is 1. The van der Waals surface area contributed by atoms with Crippen LogP contribution in [0.2, 0.25) is 0 Å². The minimum Gasteiger partial charge on any atom is -0.496 e. The molecule has 114 valence electrons. The zero-order valence-corrected chi connectivity index (χ0v) is 14.1. The second-order valence-corrected chi connectivity index (χ2v) is 7.48. The molecule has 0 atom stereocenters. The second-order valence-electron chi connectivity index (χ2n) is 4.59. The Balaban J connectivity index is 2.35. The number of thiazole rings is 1. The zero-order chi connectivity index (χ0) is 15.6. The second kappa shape index (κ2) is 6.03. The Morgan fingerprint density at radius 2 is 2.05 bits per heavy atom. The van der Waals surface area contributed by atoms with Gasteiger partial charge in [0.2, 0.25) is 0 Å². The molecule has 0 amide bonds. The number of aryl methyl sites for hydroxylation is 3. The number of hydrogen-bond donors (Lipinski definition) is 1. The third-order valence-electron chi connectivity index (χ3n) is 3.19. The van der Waals surface area contributed by atoms with Crippen molar-refractivity contribution in [3.8, 4) is 5.75 Å². The Hall–Kier alpha value is -1.60. The van der Waals surface area contributed by atoms with Crippen LogP contribution in [0.3, 0.4) is 0 Å². The van der Waals surface area contributed by atoms with Gasteiger partial charge >= 0.3 is 0 Å². The topological polar surface area (TPSA) is 68.3 Å². The maximum atomic E-state index is 12.4. The summed E-state index contributed by atoms with van der Waals surface area (Å²) in [6.07, 6.45) is 0.696. The van der Waals surface area contributed by atoms with Crippen molar-refractivity contribution < 1.29 is 13.2 Å². The summed E-state index contributed by atoms with van der Waals surface area (Å²) < 4.78 is 32.5. The fourth-order valence-corrected chi connectivity index (χ4v) is 3.99. The van der Waals surface area contributed by atoms with E-state index in [9.17, 15) is 8.42 Å². The minimum absolute atomic E-state index is 0.214. The molecule has 0 saturated heterocycles. The van der Waals surface area contributed by atoms with Crippen LogP contribution in [0.1, 0.15) is 23.1 Å². The van der Waals surface area contributed by atoms with E-state index in [1.807, 2.05) is 20.8 Å². The molecule has 1 heterocycles. The number of hydrogen-bond acceptors (Lipinski definition) is 5. The monoisotopic (exact) mass is 326 g/mol. The molecule has 5 nitrogen and oxygen atoms in total. The van der Waals surface area contributed by atoms with Gasteiger partial charge in [-0.05, 0) is 44.0 Å². The van der Waals surface area contributed by atoms with Crippen LogP contribution in [0.25, 0.3) is 0 Å². The van der Waals surface area contributed by atoms with E-state index in [1.165, 1.54) is 17.4 Å². The Morgan fingerprint density at radius 3 is 2.57 bits per heavy atom. The molecule has 1 N–H and O–H groups in total. The van der Waals surface area contributed by atoms with Gasteiger partial charge in [-0.15, -0.1) is 11.3 Å². The molecule has 0 fully saturated rings. The summed E-state index contributed by atoms with van der Waals surface area (Å²) in [5, 5.41) is 0.388. The van der Waals surface area contributed by atoms with Crippen molar-refractivity contribution in [1.29, 1.82) is 0 Å². The molecule has 2 aromatic rings. The number of aromatic nitrogens is 1. The molecule has 0 saturated carbocycles. The highest BCUT2D eigenvalue weighted by Crippen LogP contribution is 2.27. The summed E-state index contributed by atoms with van der Waals surface area (Å²) in [5.41, 5.74) is 1.69. The van der Waals surface area contributed by atoms with Gasteiger partial charge in [0.1, 0.15) is 5.75 Å². The molecular formula is C14H18N2O3S2. The molecule has 0 bridgehead atoms. The molecule has 0 aliphatic heterocycles. The Bertz CT molecular complexity index is 732. The number of sulfonamides is 1. The lowest BCUT2D eigenvalue weighted by Gasteiger charge is -2.10. The van der Waals surface area contributed by atoms with Crippen molar-refractivity contribution in [2.75, 3.05) is 11.8 Å². The van der Waals surface area contributed by atoms with Gasteiger partial charge in [0.25, 0.3) is 10.0 Å². The first kappa shape index (κ1) is 15.8. The van der Waals surface area contributed by atoms with Crippen LogP contribution in [-0.4, -0.2) is 20.5 Å². The predicted octanol–water partition coefficient (Wildman–Crippen LogP) is 3.13. The number of rotatable bonds is 5. The maximum Gasteiger partial charge on any atom is 0.263 e. The van der Waals surface area contributed by atoms with Crippen LogP contribution >= 0.6 is 11.3 Å². The fourth-order valence-electron chi connectivity index (χ4n) is 1.89. The quantitative estimate of drug-likeness (QED) is 0.916. The van der Waals surface area contributed by atoms with Gasteiger partial charge in [-0.25, -0.2) is 13.4 Å². The van der Waals surface area contributed by atoms with E-state index in [0.717, 1.165) is 16.1 Å². The van der Waals surface area contributed by atoms with Crippen LogP contribution in [0.15, 0.2) is 23.1 Å². The molecular weight excluding hydrogens is 308 g/mol. The minimum atomic E-state index is -3.63. The lowest BCUT2D eigenvalue weighted by Crippen LogP contribution is -2.13. The van der Waals surface area contributed by atoms with Gasteiger partial charge in [-0.3, -0.25) is 4.72 Å². The van der Waals surface area contributed by atoms with Crippen LogP contribution in [0, 0.1) is 13.8 Å². The number of nitrogens with zero attached hydrogens (tertiary/aromatic N) is 1. The van der Waals surface area contributed by atoms with E-state index in [4.69, 9.17) is 4.74 Å². The molecule has 1 aromatic heterocycles. The molecule has 1 aromatic carbocycles. The molecule has 2 rings (SSSR count). The molecule has 21 heavy (non-hydrogen) atoms.